The quantitative estimate of drug-likeness (QED) is 0.806. The van der Waals surface area contributed by atoms with E-state index in [9.17, 15) is 4.79 Å². The lowest BCUT2D eigenvalue weighted by Crippen LogP contribution is -2.17. The van der Waals surface area contributed by atoms with E-state index in [4.69, 9.17) is 4.42 Å². The molecular weight excluding hydrogens is 294 g/mol. The van der Waals surface area contributed by atoms with Crippen molar-refractivity contribution < 1.29 is 9.21 Å². The average Bonchev–Trinajstić information content (AvgIpc) is 2.74. The summed E-state index contributed by atoms with van der Waals surface area (Å²) in [5.74, 6) is 1.77. The van der Waals surface area contributed by atoms with Crippen LogP contribution in [0.4, 0.5) is 5.69 Å². The van der Waals surface area contributed by atoms with E-state index in [0.29, 0.717) is 12.1 Å². The minimum absolute atomic E-state index is 0.630. The zero-order chi connectivity index (χ0) is 13.1. The minimum Gasteiger partial charge on any atom is -0.464 e. The van der Waals surface area contributed by atoms with Crippen molar-refractivity contribution in [1.82, 2.24) is 0 Å². The van der Waals surface area contributed by atoms with Crippen LogP contribution in [0.1, 0.15) is 21.9 Å². The van der Waals surface area contributed by atoms with E-state index in [1.54, 1.807) is 6.07 Å². The molecule has 0 aliphatic rings. The molecule has 2 aromatic rings. The number of anilines is 1. The molecule has 0 N–H and O–H groups in total. The van der Waals surface area contributed by atoms with Gasteiger partial charge in [0.1, 0.15) is 11.5 Å². The predicted molar refractivity (Wildman–Crippen MR) is 75.1 cm³/mol. The van der Waals surface area contributed by atoms with Gasteiger partial charge in [-0.2, -0.15) is 0 Å². The third-order valence-corrected chi connectivity index (χ3v) is 3.21. The summed E-state index contributed by atoms with van der Waals surface area (Å²) < 4.78 is 6.49. The Hall–Kier alpha value is -1.55. The zero-order valence-electron chi connectivity index (χ0n) is 10.3. The maximum atomic E-state index is 11.0. The van der Waals surface area contributed by atoms with E-state index in [1.165, 1.54) is 0 Å². The van der Waals surface area contributed by atoms with E-state index < -0.39 is 0 Å². The molecule has 1 heterocycles. The highest BCUT2D eigenvalue weighted by Gasteiger charge is 2.10. The number of benzene rings is 1. The van der Waals surface area contributed by atoms with Gasteiger partial charge in [-0.3, -0.25) is 4.79 Å². The van der Waals surface area contributed by atoms with Gasteiger partial charge in [0.05, 0.1) is 6.54 Å². The number of hydrogen-bond donors (Lipinski definition) is 0. The molecule has 2 rings (SSSR count). The van der Waals surface area contributed by atoms with Crippen LogP contribution in [0.15, 0.2) is 39.2 Å². The van der Waals surface area contributed by atoms with Gasteiger partial charge in [0.2, 0.25) is 0 Å². The van der Waals surface area contributed by atoms with Crippen molar-refractivity contribution in [2.45, 2.75) is 13.5 Å². The molecule has 0 atom stereocenters. The number of aryl methyl sites for hydroxylation is 1. The summed E-state index contributed by atoms with van der Waals surface area (Å²) in [6, 6.07) is 9.48. The molecule has 4 heteroatoms. The molecule has 0 unspecified atom stereocenters. The second-order valence-corrected chi connectivity index (χ2v) is 5.11. The Labute approximate surface area is 115 Å². The molecule has 0 saturated heterocycles. The highest BCUT2D eigenvalue weighted by Crippen LogP contribution is 2.24. The molecule has 94 valence electrons. The highest BCUT2D eigenvalue weighted by molar-refractivity contribution is 9.10. The van der Waals surface area contributed by atoms with Gasteiger partial charge in [-0.1, -0.05) is 15.9 Å². The van der Waals surface area contributed by atoms with Crippen molar-refractivity contribution >= 4 is 27.9 Å². The van der Waals surface area contributed by atoms with Crippen LogP contribution in [0, 0.1) is 6.92 Å². The van der Waals surface area contributed by atoms with Crippen LogP contribution in [0.25, 0.3) is 0 Å². The van der Waals surface area contributed by atoms with E-state index in [-0.39, 0.29) is 0 Å². The minimum atomic E-state index is 0.630. The smallest absolute Gasteiger partial charge is 0.152 e. The first-order valence-corrected chi connectivity index (χ1v) is 6.40. The van der Waals surface area contributed by atoms with Crippen molar-refractivity contribution in [3.05, 3.63) is 51.9 Å². The standard InChI is InChI=1S/C14H14BrNO2/c1-10-3-6-13(18-10)8-16(2)14-7-12(15)5-4-11(14)9-17/h3-7,9H,8H2,1-2H3. The Bertz CT molecular complexity index is 563. The summed E-state index contributed by atoms with van der Waals surface area (Å²) in [6.07, 6.45) is 0.867. The zero-order valence-corrected chi connectivity index (χ0v) is 11.9. The third-order valence-electron chi connectivity index (χ3n) is 2.72. The Kier molecular flexibility index (Phi) is 3.87. The number of furan rings is 1. The number of nitrogens with zero attached hydrogens (tertiary/aromatic N) is 1. The SMILES string of the molecule is Cc1ccc(CN(C)c2cc(Br)ccc2C=O)o1. The monoisotopic (exact) mass is 307 g/mol. The van der Waals surface area contributed by atoms with Gasteiger partial charge in [-0.05, 0) is 37.3 Å². The number of carbonyl (C=O) groups excluding carboxylic acids is 1. The maximum absolute atomic E-state index is 11.0. The number of rotatable bonds is 4. The normalized spacial score (nSPS) is 10.4. The fourth-order valence-electron chi connectivity index (χ4n) is 1.84. The molecule has 0 aliphatic heterocycles. The molecular formula is C14H14BrNO2. The first-order valence-electron chi connectivity index (χ1n) is 5.61. The van der Waals surface area contributed by atoms with Gasteiger partial charge in [0.15, 0.2) is 6.29 Å². The van der Waals surface area contributed by atoms with Crippen LogP contribution in [0.2, 0.25) is 0 Å². The Morgan fingerprint density at radius 3 is 2.72 bits per heavy atom. The molecule has 0 saturated carbocycles. The lowest BCUT2D eigenvalue weighted by molar-refractivity contribution is 0.112. The Morgan fingerprint density at radius 2 is 2.11 bits per heavy atom. The highest BCUT2D eigenvalue weighted by atomic mass is 79.9. The molecule has 3 nitrogen and oxygen atoms in total. The largest absolute Gasteiger partial charge is 0.464 e. The van der Waals surface area contributed by atoms with Gasteiger partial charge in [-0.15, -0.1) is 0 Å². The van der Waals surface area contributed by atoms with Crippen LogP contribution >= 0.6 is 15.9 Å². The van der Waals surface area contributed by atoms with Crippen molar-refractivity contribution in [3.63, 3.8) is 0 Å². The number of carbonyl (C=O) groups is 1. The van der Waals surface area contributed by atoms with Gasteiger partial charge in [-0.25, -0.2) is 0 Å². The first-order chi connectivity index (χ1) is 8.60. The predicted octanol–water partition coefficient (Wildman–Crippen LogP) is 3.80. The molecule has 1 aromatic heterocycles. The molecule has 18 heavy (non-hydrogen) atoms. The van der Waals surface area contributed by atoms with Crippen molar-refractivity contribution in [2.75, 3.05) is 11.9 Å². The molecule has 0 spiro atoms. The first kappa shape index (κ1) is 12.9. The van der Waals surface area contributed by atoms with Gasteiger partial charge >= 0.3 is 0 Å². The number of halogens is 1. The van der Waals surface area contributed by atoms with Crippen LogP contribution in [-0.4, -0.2) is 13.3 Å². The summed E-state index contributed by atoms with van der Waals surface area (Å²) >= 11 is 3.42. The van der Waals surface area contributed by atoms with Crippen LogP contribution in [-0.2, 0) is 6.54 Å². The number of aldehydes is 1. The van der Waals surface area contributed by atoms with E-state index in [0.717, 1.165) is 28.0 Å². The topological polar surface area (TPSA) is 33.5 Å². The summed E-state index contributed by atoms with van der Waals surface area (Å²) in [6.45, 7) is 2.55. The summed E-state index contributed by atoms with van der Waals surface area (Å²) in [7, 11) is 1.94. The van der Waals surface area contributed by atoms with Crippen LogP contribution < -0.4 is 4.90 Å². The second kappa shape index (κ2) is 5.40. The van der Waals surface area contributed by atoms with E-state index >= 15 is 0 Å². The van der Waals surface area contributed by atoms with E-state index in [2.05, 4.69) is 15.9 Å². The molecule has 0 amide bonds. The molecule has 0 bridgehead atoms. The molecule has 0 fully saturated rings. The lowest BCUT2D eigenvalue weighted by atomic mass is 10.2. The van der Waals surface area contributed by atoms with Crippen molar-refractivity contribution in [2.24, 2.45) is 0 Å². The fourth-order valence-corrected chi connectivity index (χ4v) is 2.19. The van der Waals surface area contributed by atoms with Gasteiger partial charge < -0.3 is 9.32 Å². The average molecular weight is 308 g/mol. The van der Waals surface area contributed by atoms with Gasteiger partial charge in [0, 0.05) is 22.8 Å². The van der Waals surface area contributed by atoms with Crippen molar-refractivity contribution in [3.8, 4) is 0 Å². The summed E-state index contributed by atoms with van der Waals surface area (Å²) in [4.78, 5) is 13.0. The summed E-state index contributed by atoms with van der Waals surface area (Å²) in [5, 5.41) is 0. The van der Waals surface area contributed by atoms with Gasteiger partial charge in [0.25, 0.3) is 0 Å². The Morgan fingerprint density at radius 1 is 1.33 bits per heavy atom. The molecule has 1 aromatic carbocycles. The van der Waals surface area contributed by atoms with E-state index in [1.807, 2.05) is 43.1 Å². The fraction of sp³-hybridized carbons (Fsp3) is 0.214. The number of hydrogen-bond acceptors (Lipinski definition) is 3. The van der Waals surface area contributed by atoms with Crippen LogP contribution in [0.3, 0.4) is 0 Å². The Balaban J connectivity index is 2.25. The second-order valence-electron chi connectivity index (χ2n) is 4.19. The third kappa shape index (κ3) is 2.82. The van der Waals surface area contributed by atoms with Crippen molar-refractivity contribution in [1.29, 1.82) is 0 Å². The lowest BCUT2D eigenvalue weighted by Gasteiger charge is -2.20. The summed E-state index contributed by atoms with van der Waals surface area (Å²) in [5.41, 5.74) is 1.55. The van der Waals surface area contributed by atoms with Crippen LogP contribution in [0.5, 0.6) is 0 Å². The maximum Gasteiger partial charge on any atom is 0.152 e. The molecule has 0 radical (unpaired) electrons. The molecule has 0 aliphatic carbocycles.